The Labute approximate surface area is 155 Å². The highest BCUT2D eigenvalue weighted by atomic mass is 35.5. The average Bonchev–Trinajstić information content (AvgIpc) is 3.02. The van der Waals surface area contributed by atoms with Crippen molar-refractivity contribution in [1.82, 2.24) is 8.96 Å². The Balaban J connectivity index is 2.24. The van der Waals surface area contributed by atoms with E-state index in [2.05, 4.69) is 4.98 Å². The minimum Gasteiger partial charge on any atom is -0.463 e. The monoisotopic (exact) mass is 390 g/mol. The summed E-state index contributed by atoms with van der Waals surface area (Å²) in [6.45, 7) is 1.91. The summed E-state index contributed by atoms with van der Waals surface area (Å²) >= 11 is 6.12. The normalized spacial score (nSPS) is 11.9. The third-order valence-corrected chi connectivity index (χ3v) is 5.68. The molecule has 6 nitrogen and oxygen atoms in total. The van der Waals surface area contributed by atoms with E-state index in [1.807, 2.05) is 0 Å². The lowest BCUT2D eigenvalue weighted by Crippen LogP contribution is -2.14. The van der Waals surface area contributed by atoms with E-state index in [0.717, 1.165) is 3.97 Å². The molecule has 3 aromatic rings. The largest absolute Gasteiger partial charge is 0.463 e. The molecule has 0 spiro atoms. The number of aromatic nitrogens is 2. The second-order valence-corrected chi connectivity index (χ2v) is 7.42. The van der Waals surface area contributed by atoms with Crippen molar-refractivity contribution in [3.63, 3.8) is 0 Å². The number of hydrogen-bond acceptors (Lipinski definition) is 5. The van der Waals surface area contributed by atoms with Gasteiger partial charge in [-0.25, -0.2) is 22.2 Å². The lowest BCUT2D eigenvalue weighted by atomic mass is 10.3. The van der Waals surface area contributed by atoms with Crippen molar-refractivity contribution < 1.29 is 17.9 Å². The number of pyridine rings is 1. The molecule has 0 aliphatic heterocycles. The summed E-state index contributed by atoms with van der Waals surface area (Å²) in [7, 11) is -3.90. The number of esters is 1. The van der Waals surface area contributed by atoms with Crippen molar-refractivity contribution >= 4 is 44.6 Å². The summed E-state index contributed by atoms with van der Waals surface area (Å²) in [5, 5.41) is 0.646. The van der Waals surface area contributed by atoms with E-state index in [9.17, 15) is 13.2 Å². The fourth-order valence-electron chi connectivity index (χ4n) is 2.52. The fourth-order valence-corrected chi connectivity index (χ4v) is 4.25. The quantitative estimate of drug-likeness (QED) is 0.378. The van der Waals surface area contributed by atoms with Gasteiger partial charge in [0.15, 0.2) is 0 Å². The number of hydrogen-bond donors (Lipinski definition) is 0. The molecule has 1 aromatic carbocycles. The molecule has 0 N–H and O–H groups in total. The van der Waals surface area contributed by atoms with Crippen LogP contribution in [0.25, 0.3) is 17.0 Å². The number of carbonyl (C=O) groups is 1. The van der Waals surface area contributed by atoms with Crippen LogP contribution >= 0.6 is 11.6 Å². The fraction of sp³-hybridized carbons (Fsp3) is 0.111. The Morgan fingerprint density at radius 3 is 2.69 bits per heavy atom. The first-order valence-electron chi connectivity index (χ1n) is 7.76. The van der Waals surface area contributed by atoms with Crippen molar-refractivity contribution in [3.8, 4) is 0 Å². The van der Waals surface area contributed by atoms with Crippen LogP contribution in [-0.4, -0.2) is 30.0 Å². The molecule has 0 saturated carbocycles. The summed E-state index contributed by atoms with van der Waals surface area (Å²) < 4.78 is 32.3. The Morgan fingerprint density at radius 2 is 2.00 bits per heavy atom. The lowest BCUT2D eigenvalue weighted by Gasteiger charge is -2.10. The number of benzene rings is 1. The van der Waals surface area contributed by atoms with Crippen LogP contribution in [0, 0.1) is 0 Å². The number of rotatable bonds is 5. The highest BCUT2D eigenvalue weighted by Gasteiger charge is 2.23. The Morgan fingerprint density at radius 1 is 1.27 bits per heavy atom. The van der Waals surface area contributed by atoms with E-state index >= 15 is 0 Å². The van der Waals surface area contributed by atoms with E-state index in [1.165, 1.54) is 30.5 Å². The lowest BCUT2D eigenvalue weighted by molar-refractivity contribution is -0.137. The molecular formula is C18H15ClN2O4S. The van der Waals surface area contributed by atoms with E-state index in [4.69, 9.17) is 16.3 Å². The molecule has 0 radical (unpaired) electrons. The molecule has 0 saturated heterocycles. The maximum absolute atomic E-state index is 13.2. The van der Waals surface area contributed by atoms with Gasteiger partial charge in [0.25, 0.3) is 10.0 Å². The molecule has 0 aliphatic rings. The topological polar surface area (TPSA) is 78.3 Å². The minimum absolute atomic E-state index is 0.121. The number of ether oxygens (including phenoxy) is 1. The molecule has 0 unspecified atom stereocenters. The van der Waals surface area contributed by atoms with Crippen LogP contribution < -0.4 is 0 Å². The zero-order chi connectivity index (χ0) is 18.7. The van der Waals surface area contributed by atoms with Crippen molar-refractivity contribution in [3.05, 3.63) is 65.6 Å². The third kappa shape index (κ3) is 3.36. The smallest absolute Gasteiger partial charge is 0.330 e. The second kappa shape index (κ2) is 7.31. The van der Waals surface area contributed by atoms with Gasteiger partial charge in [0, 0.05) is 17.7 Å². The van der Waals surface area contributed by atoms with E-state index in [-0.39, 0.29) is 22.3 Å². The first-order valence-corrected chi connectivity index (χ1v) is 9.58. The maximum atomic E-state index is 13.2. The Hall–Kier alpha value is -2.64. The SMILES string of the molecule is CCOC(=O)/C=C/c1cc2c(Cl)nccc2n1S(=O)(=O)c1ccccc1. The molecular weight excluding hydrogens is 376 g/mol. The van der Waals surface area contributed by atoms with Gasteiger partial charge in [0.05, 0.1) is 22.7 Å². The van der Waals surface area contributed by atoms with Crippen LogP contribution in [0.1, 0.15) is 12.6 Å². The van der Waals surface area contributed by atoms with Crippen LogP contribution in [0.3, 0.4) is 0 Å². The molecule has 2 heterocycles. The average molecular weight is 391 g/mol. The van der Waals surface area contributed by atoms with E-state index in [0.29, 0.717) is 10.9 Å². The molecule has 2 aromatic heterocycles. The summed E-state index contributed by atoms with van der Waals surface area (Å²) in [6, 6.07) is 11.1. The third-order valence-electron chi connectivity index (χ3n) is 3.62. The van der Waals surface area contributed by atoms with Crippen molar-refractivity contribution in [2.75, 3.05) is 6.61 Å². The van der Waals surface area contributed by atoms with Gasteiger partial charge >= 0.3 is 5.97 Å². The van der Waals surface area contributed by atoms with E-state index < -0.39 is 16.0 Å². The van der Waals surface area contributed by atoms with Gasteiger partial charge in [-0.3, -0.25) is 0 Å². The van der Waals surface area contributed by atoms with Gasteiger partial charge in [-0.2, -0.15) is 0 Å². The van der Waals surface area contributed by atoms with Crippen molar-refractivity contribution in [1.29, 1.82) is 0 Å². The van der Waals surface area contributed by atoms with Crippen LogP contribution in [0.15, 0.2) is 59.6 Å². The molecule has 26 heavy (non-hydrogen) atoms. The molecule has 3 rings (SSSR count). The van der Waals surface area contributed by atoms with Gasteiger partial charge in [-0.15, -0.1) is 0 Å². The molecule has 0 atom stereocenters. The van der Waals surface area contributed by atoms with Gasteiger partial charge < -0.3 is 4.74 Å². The zero-order valence-corrected chi connectivity index (χ0v) is 15.4. The maximum Gasteiger partial charge on any atom is 0.330 e. The van der Waals surface area contributed by atoms with Gasteiger partial charge in [0.1, 0.15) is 5.15 Å². The van der Waals surface area contributed by atoms with Gasteiger partial charge in [0.2, 0.25) is 0 Å². The van der Waals surface area contributed by atoms with Gasteiger partial charge in [-0.1, -0.05) is 29.8 Å². The molecule has 0 bridgehead atoms. The van der Waals surface area contributed by atoms with Gasteiger partial charge in [-0.05, 0) is 37.3 Å². The van der Waals surface area contributed by atoms with Crippen LogP contribution in [0.5, 0.6) is 0 Å². The first kappa shape index (κ1) is 18.2. The van der Waals surface area contributed by atoms with Crippen molar-refractivity contribution in [2.45, 2.75) is 11.8 Å². The van der Waals surface area contributed by atoms with Crippen molar-refractivity contribution in [2.24, 2.45) is 0 Å². The first-order chi connectivity index (χ1) is 12.4. The molecule has 0 aliphatic carbocycles. The number of fused-ring (bicyclic) bond motifs is 1. The number of halogens is 1. The van der Waals surface area contributed by atoms with E-state index in [1.54, 1.807) is 37.3 Å². The predicted octanol–water partition coefficient (Wildman–Crippen LogP) is 3.50. The standard InChI is InChI=1S/C18H15ClN2O4S/c1-2-25-17(22)9-8-13-12-15-16(10-11-20-18(15)19)21(13)26(23,24)14-6-4-3-5-7-14/h3-12H,2H2,1H3/b9-8+. The molecule has 8 heteroatoms. The summed E-state index contributed by atoms with van der Waals surface area (Å²) in [5.41, 5.74) is 0.643. The van der Waals surface area contributed by atoms with Crippen LogP contribution in [0.2, 0.25) is 5.15 Å². The number of nitrogens with zero attached hydrogens (tertiary/aromatic N) is 2. The highest BCUT2D eigenvalue weighted by molar-refractivity contribution is 7.90. The van der Waals surface area contributed by atoms with Crippen LogP contribution in [0.4, 0.5) is 0 Å². The zero-order valence-electron chi connectivity index (χ0n) is 13.8. The number of carbonyl (C=O) groups excluding carboxylic acids is 1. The Kier molecular flexibility index (Phi) is 5.11. The molecule has 134 valence electrons. The Bertz CT molecular complexity index is 1090. The van der Waals surface area contributed by atoms with Crippen LogP contribution in [-0.2, 0) is 19.6 Å². The summed E-state index contributed by atoms with van der Waals surface area (Å²) in [4.78, 5) is 15.7. The molecule has 0 amide bonds. The molecule has 0 fully saturated rings. The highest BCUT2D eigenvalue weighted by Crippen LogP contribution is 2.29. The summed E-state index contributed by atoms with van der Waals surface area (Å²) in [5.74, 6) is -0.564. The minimum atomic E-state index is -3.90. The predicted molar refractivity (Wildman–Crippen MR) is 99.4 cm³/mol. The second-order valence-electron chi connectivity index (χ2n) is 5.27. The summed E-state index contributed by atoms with van der Waals surface area (Å²) in [6.07, 6.45) is 3.99.